The standard InChI is InChI=1S/C16H26N6O/c1-19-4-3-14-13(11-19)15(18-17-14)16(23)22-8-7-21-6-5-20(2)9-12(21)10-22/h12H,3-11H2,1-2H3,(H,17,18). The molecule has 126 valence electrons. The summed E-state index contributed by atoms with van der Waals surface area (Å²) in [4.78, 5) is 22.1. The summed E-state index contributed by atoms with van der Waals surface area (Å²) in [7, 11) is 4.26. The number of likely N-dealkylation sites (N-methyl/N-ethyl adjacent to an activating group) is 2. The average molecular weight is 318 g/mol. The summed E-state index contributed by atoms with van der Waals surface area (Å²) in [5.74, 6) is 0.102. The van der Waals surface area contributed by atoms with Gasteiger partial charge in [-0.05, 0) is 14.1 Å². The first-order valence-corrected chi connectivity index (χ1v) is 8.58. The van der Waals surface area contributed by atoms with Gasteiger partial charge in [-0.2, -0.15) is 5.10 Å². The summed E-state index contributed by atoms with van der Waals surface area (Å²) in [5, 5.41) is 7.45. The number of carbonyl (C=O) groups excluding carboxylic acids is 1. The van der Waals surface area contributed by atoms with Crippen molar-refractivity contribution in [3.05, 3.63) is 17.0 Å². The second-order valence-electron chi connectivity index (χ2n) is 7.22. The van der Waals surface area contributed by atoms with Gasteiger partial charge in [0.15, 0.2) is 5.69 Å². The van der Waals surface area contributed by atoms with E-state index < -0.39 is 0 Å². The minimum Gasteiger partial charge on any atom is -0.334 e. The molecule has 4 heterocycles. The highest BCUT2D eigenvalue weighted by molar-refractivity contribution is 5.94. The van der Waals surface area contributed by atoms with Gasteiger partial charge in [0, 0.05) is 76.1 Å². The molecule has 0 saturated carbocycles. The Balaban J connectivity index is 1.50. The summed E-state index contributed by atoms with van der Waals surface area (Å²) in [5.41, 5.74) is 2.89. The second kappa shape index (κ2) is 5.89. The summed E-state index contributed by atoms with van der Waals surface area (Å²) in [6.45, 7) is 7.75. The van der Waals surface area contributed by atoms with Crippen LogP contribution in [0.3, 0.4) is 0 Å². The average Bonchev–Trinajstić information content (AvgIpc) is 2.96. The molecule has 1 unspecified atom stereocenters. The molecule has 1 atom stereocenters. The molecular formula is C16H26N6O. The number of nitrogens with one attached hydrogen (secondary N) is 1. The molecule has 3 aliphatic rings. The lowest BCUT2D eigenvalue weighted by atomic mass is 10.0. The Kier molecular flexibility index (Phi) is 3.87. The van der Waals surface area contributed by atoms with Crippen molar-refractivity contribution < 1.29 is 4.79 Å². The number of piperazine rings is 2. The molecule has 0 aliphatic carbocycles. The number of aromatic amines is 1. The van der Waals surface area contributed by atoms with Crippen molar-refractivity contribution in [2.24, 2.45) is 0 Å². The largest absolute Gasteiger partial charge is 0.334 e. The van der Waals surface area contributed by atoms with Crippen LogP contribution in [0.25, 0.3) is 0 Å². The molecule has 1 aromatic rings. The van der Waals surface area contributed by atoms with Crippen LogP contribution in [0, 0.1) is 0 Å². The lowest BCUT2D eigenvalue weighted by molar-refractivity contribution is 0.0186. The summed E-state index contributed by atoms with van der Waals surface area (Å²) in [6.07, 6.45) is 0.952. The Morgan fingerprint density at radius 2 is 1.91 bits per heavy atom. The van der Waals surface area contributed by atoms with Gasteiger partial charge in [0.25, 0.3) is 5.91 Å². The van der Waals surface area contributed by atoms with E-state index in [1.54, 1.807) is 0 Å². The van der Waals surface area contributed by atoms with Gasteiger partial charge in [0.05, 0.1) is 0 Å². The third-order valence-corrected chi connectivity index (χ3v) is 5.51. The Labute approximate surface area is 137 Å². The summed E-state index contributed by atoms with van der Waals surface area (Å²) < 4.78 is 0. The molecule has 0 aromatic carbocycles. The van der Waals surface area contributed by atoms with Gasteiger partial charge in [-0.25, -0.2) is 0 Å². The van der Waals surface area contributed by atoms with E-state index in [2.05, 4.69) is 39.0 Å². The number of amides is 1. The SMILES string of the molecule is CN1CCc2[nH]nc(C(=O)N3CCN4CCN(C)CC4C3)c2C1. The summed E-state index contributed by atoms with van der Waals surface area (Å²) >= 11 is 0. The first kappa shape index (κ1) is 15.1. The number of fused-ring (bicyclic) bond motifs is 2. The van der Waals surface area contributed by atoms with Crippen LogP contribution >= 0.6 is 0 Å². The van der Waals surface area contributed by atoms with E-state index in [-0.39, 0.29) is 5.91 Å². The third-order valence-electron chi connectivity index (χ3n) is 5.51. The van der Waals surface area contributed by atoms with E-state index in [4.69, 9.17) is 0 Å². The highest BCUT2D eigenvalue weighted by Crippen LogP contribution is 2.22. The minimum absolute atomic E-state index is 0.102. The van der Waals surface area contributed by atoms with Crippen molar-refractivity contribution in [3.63, 3.8) is 0 Å². The van der Waals surface area contributed by atoms with Crippen LogP contribution < -0.4 is 0 Å². The molecule has 1 aromatic heterocycles. The van der Waals surface area contributed by atoms with Crippen molar-refractivity contribution in [2.45, 2.75) is 19.0 Å². The molecule has 2 fully saturated rings. The first-order valence-electron chi connectivity index (χ1n) is 8.58. The number of hydrogen-bond acceptors (Lipinski definition) is 5. The second-order valence-corrected chi connectivity index (χ2v) is 7.22. The molecule has 1 N–H and O–H groups in total. The molecule has 0 bridgehead atoms. The van der Waals surface area contributed by atoms with Crippen molar-refractivity contribution in [2.75, 3.05) is 59.9 Å². The Morgan fingerprint density at radius 3 is 2.78 bits per heavy atom. The Bertz CT molecular complexity index is 599. The molecule has 0 spiro atoms. The van der Waals surface area contributed by atoms with Gasteiger partial charge in [-0.15, -0.1) is 0 Å². The number of hydrogen-bond donors (Lipinski definition) is 1. The zero-order chi connectivity index (χ0) is 16.0. The van der Waals surface area contributed by atoms with Gasteiger partial charge < -0.3 is 14.7 Å². The van der Waals surface area contributed by atoms with Gasteiger partial charge in [0.1, 0.15) is 0 Å². The Hall–Kier alpha value is -1.44. The zero-order valence-electron chi connectivity index (χ0n) is 14.1. The maximum absolute atomic E-state index is 13.0. The lowest BCUT2D eigenvalue weighted by Gasteiger charge is -2.46. The van der Waals surface area contributed by atoms with Crippen molar-refractivity contribution in [1.29, 1.82) is 0 Å². The maximum atomic E-state index is 13.0. The first-order chi connectivity index (χ1) is 11.1. The fraction of sp³-hybridized carbons (Fsp3) is 0.750. The molecule has 4 rings (SSSR count). The highest BCUT2D eigenvalue weighted by Gasteiger charge is 2.35. The fourth-order valence-corrected chi connectivity index (χ4v) is 4.05. The zero-order valence-corrected chi connectivity index (χ0v) is 14.1. The summed E-state index contributed by atoms with van der Waals surface area (Å²) in [6, 6.07) is 0.462. The van der Waals surface area contributed by atoms with Crippen LogP contribution in [0.5, 0.6) is 0 Å². The third kappa shape index (κ3) is 2.77. The molecule has 7 heteroatoms. The van der Waals surface area contributed by atoms with Crippen molar-refractivity contribution in [3.8, 4) is 0 Å². The smallest absolute Gasteiger partial charge is 0.274 e. The molecule has 7 nitrogen and oxygen atoms in total. The van der Waals surface area contributed by atoms with Gasteiger partial charge >= 0.3 is 0 Å². The number of carbonyl (C=O) groups is 1. The number of aromatic nitrogens is 2. The molecule has 23 heavy (non-hydrogen) atoms. The molecule has 1 amide bonds. The van der Waals surface area contributed by atoms with Gasteiger partial charge in [-0.1, -0.05) is 0 Å². The van der Waals surface area contributed by atoms with E-state index >= 15 is 0 Å². The van der Waals surface area contributed by atoms with Crippen LogP contribution in [0.2, 0.25) is 0 Å². The maximum Gasteiger partial charge on any atom is 0.274 e. The minimum atomic E-state index is 0.102. The molecule has 2 saturated heterocycles. The topological polar surface area (TPSA) is 58.7 Å². The quantitative estimate of drug-likeness (QED) is 0.754. The predicted molar refractivity (Wildman–Crippen MR) is 87.4 cm³/mol. The van der Waals surface area contributed by atoms with Crippen molar-refractivity contribution >= 4 is 5.91 Å². The molecule has 3 aliphatic heterocycles. The number of nitrogens with zero attached hydrogens (tertiary/aromatic N) is 5. The predicted octanol–water partition coefficient (Wildman–Crippen LogP) is -0.531. The van der Waals surface area contributed by atoms with E-state index in [0.29, 0.717) is 11.7 Å². The van der Waals surface area contributed by atoms with Crippen LogP contribution in [0.15, 0.2) is 0 Å². The lowest BCUT2D eigenvalue weighted by Crippen LogP contribution is -2.62. The monoisotopic (exact) mass is 318 g/mol. The Morgan fingerprint density at radius 1 is 1.09 bits per heavy atom. The van der Waals surface area contributed by atoms with Crippen LogP contribution in [0.1, 0.15) is 21.7 Å². The molecular weight excluding hydrogens is 292 g/mol. The van der Waals surface area contributed by atoms with E-state index in [1.807, 2.05) is 4.90 Å². The number of H-pyrrole nitrogens is 1. The van der Waals surface area contributed by atoms with Gasteiger partial charge in [-0.3, -0.25) is 14.8 Å². The van der Waals surface area contributed by atoms with Crippen LogP contribution in [-0.2, 0) is 13.0 Å². The highest BCUT2D eigenvalue weighted by atomic mass is 16.2. The fourth-order valence-electron chi connectivity index (χ4n) is 4.05. The van der Waals surface area contributed by atoms with Crippen molar-refractivity contribution in [1.82, 2.24) is 29.8 Å². The van der Waals surface area contributed by atoms with Gasteiger partial charge in [0.2, 0.25) is 0 Å². The van der Waals surface area contributed by atoms with E-state index in [1.165, 1.54) is 0 Å². The van der Waals surface area contributed by atoms with E-state index in [0.717, 1.165) is 70.0 Å². The van der Waals surface area contributed by atoms with E-state index in [9.17, 15) is 4.79 Å². The van der Waals surface area contributed by atoms with Crippen LogP contribution in [-0.4, -0.2) is 102 Å². The molecule has 0 radical (unpaired) electrons. The normalized spacial score (nSPS) is 26.9. The van der Waals surface area contributed by atoms with Crippen LogP contribution in [0.4, 0.5) is 0 Å². The number of rotatable bonds is 1.